The number of nitrogens with one attached hydrogen (secondary N) is 2. The standard InChI is InChI=1S/C31H26N2O5.Na/c1-20(30(36)37)33-28(34)19-32-29(35)22-12-14-25-21(18-22)13-15-27-26(25)16-17-31(38-27,23-8-4-2-5-9-23)24-10-6-3-7-11-24;/h2-18,20H,19H2,1H3,(H,32,35)(H,33,34)(H,36,37);/q;+1/p-1. The van der Waals surface area contributed by atoms with Gasteiger partial charge >= 0.3 is 29.6 Å². The molecule has 0 radical (unpaired) electrons. The first-order valence-corrected chi connectivity index (χ1v) is 12.2. The largest absolute Gasteiger partial charge is 1.00 e. The van der Waals surface area contributed by atoms with Crippen molar-refractivity contribution in [2.45, 2.75) is 18.6 Å². The minimum atomic E-state index is -1.40. The summed E-state index contributed by atoms with van der Waals surface area (Å²) in [5.41, 5.74) is 2.53. The molecular formula is C31H25N2NaO5. The van der Waals surface area contributed by atoms with Crippen LogP contribution in [0.2, 0.25) is 0 Å². The molecule has 0 aliphatic carbocycles. The molecule has 1 unspecified atom stereocenters. The molecule has 190 valence electrons. The molecule has 2 N–H and O–H groups in total. The molecule has 1 aliphatic rings. The van der Waals surface area contributed by atoms with E-state index in [2.05, 4.69) is 22.8 Å². The van der Waals surface area contributed by atoms with E-state index >= 15 is 0 Å². The molecule has 8 heteroatoms. The average Bonchev–Trinajstić information content (AvgIpc) is 2.96. The van der Waals surface area contributed by atoms with E-state index in [0.717, 1.165) is 33.2 Å². The first kappa shape index (κ1) is 28.1. The van der Waals surface area contributed by atoms with Gasteiger partial charge in [0.05, 0.1) is 18.6 Å². The van der Waals surface area contributed by atoms with Gasteiger partial charge < -0.3 is 25.3 Å². The van der Waals surface area contributed by atoms with Crippen molar-refractivity contribution in [3.05, 3.63) is 119 Å². The van der Waals surface area contributed by atoms with Gasteiger partial charge in [0.2, 0.25) is 5.91 Å². The van der Waals surface area contributed by atoms with Crippen LogP contribution in [0.3, 0.4) is 0 Å². The zero-order valence-corrected chi connectivity index (χ0v) is 23.6. The number of aliphatic carboxylic acids is 1. The van der Waals surface area contributed by atoms with E-state index in [-0.39, 0.29) is 36.1 Å². The van der Waals surface area contributed by atoms with Gasteiger partial charge in [-0.1, -0.05) is 72.8 Å². The minimum absolute atomic E-state index is 0. The van der Waals surface area contributed by atoms with E-state index in [1.165, 1.54) is 6.92 Å². The zero-order valence-electron chi connectivity index (χ0n) is 21.6. The molecule has 4 aromatic rings. The number of benzene rings is 4. The normalized spacial score (nSPS) is 13.8. The van der Waals surface area contributed by atoms with E-state index in [1.54, 1.807) is 12.1 Å². The van der Waals surface area contributed by atoms with Crippen LogP contribution in [0.5, 0.6) is 5.75 Å². The Morgan fingerprint density at radius 1 is 0.897 bits per heavy atom. The quantitative estimate of drug-likeness (QED) is 0.333. The van der Waals surface area contributed by atoms with Gasteiger partial charge in [0, 0.05) is 22.3 Å². The summed E-state index contributed by atoms with van der Waals surface area (Å²) >= 11 is 0. The molecule has 2 amide bonds. The van der Waals surface area contributed by atoms with Crippen molar-refractivity contribution in [2.75, 3.05) is 6.54 Å². The SMILES string of the molecule is CC(NC(=O)CNC(=O)c1ccc2c3c(ccc2c1)OC(c1ccccc1)(c1ccccc1)C=C3)C(=O)[O-].[Na+]. The molecule has 4 aromatic carbocycles. The molecule has 0 saturated heterocycles. The third-order valence-electron chi connectivity index (χ3n) is 6.59. The number of carboxylic acid groups (broad SMARTS) is 1. The predicted octanol–water partition coefficient (Wildman–Crippen LogP) is 0.178. The van der Waals surface area contributed by atoms with E-state index in [1.807, 2.05) is 78.9 Å². The van der Waals surface area contributed by atoms with E-state index in [0.29, 0.717) is 5.56 Å². The first-order chi connectivity index (χ1) is 18.4. The van der Waals surface area contributed by atoms with Crippen LogP contribution >= 0.6 is 0 Å². The Balaban J connectivity index is 0.00000353. The Hall–Kier alpha value is -3.91. The molecule has 0 saturated carbocycles. The van der Waals surface area contributed by atoms with Gasteiger partial charge in [-0.15, -0.1) is 0 Å². The topological polar surface area (TPSA) is 108 Å². The second-order valence-corrected chi connectivity index (χ2v) is 9.11. The number of rotatable bonds is 7. The molecule has 1 heterocycles. The Kier molecular flexibility index (Phi) is 8.55. The van der Waals surface area contributed by atoms with Crippen molar-refractivity contribution in [3.8, 4) is 5.75 Å². The fourth-order valence-electron chi connectivity index (χ4n) is 4.61. The second kappa shape index (κ2) is 11.9. The van der Waals surface area contributed by atoms with Gasteiger partial charge in [-0.25, -0.2) is 0 Å². The zero-order chi connectivity index (χ0) is 26.7. The fraction of sp³-hybridized carbons (Fsp3) is 0.129. The van der Waals surface area contributed by atoms with Crippen LogP contribution in [0.25, 0.3) is 16.8 Å². The molecule has 5 rings (SSSR count). The van der Waals surface area contributed by atoms with Crippen LogP contribution in [0, 0.1) is 0 Å². The van der Waals surface area contributed by atoms with Crippen molar-refractivity contribution in [1.82, 2.24) is 10.6 Å². The summed E-state index contributed by atoms with van der Waals surface area (Å²) in [4.78, 5) is 35.3. The van der Waals surface area contributed by atoms with Crippen molar-refractivity contribution in [2.24, 2.45) is 0 Å². The predicted molar refractivity (Wildman–Crippen MR) is 142 cm³/mol. The van der Waals surface area contributed by atoms with Crippen LogP contribution in [0.1, 0.15) is 34.0 Å². The van der Waals surface area contributed by atoms with Crippen molar-refractivity contribution in [1.29, 1.82) is 0 Å². The van der Waals surface area contributed by atoms with Crippen LogP contribution in [0.15, 0.2) is 97.1 Å². The minimum Gasteiger partial charge on any atom is -0.548 e. The number of fused-ring (bicyclic) bond motifs is 3. The number of carboxylic acids is 1. The monoisotopic (exact) mass is 528 g/mol. The molecule has 7 nitrogen and oxygen atoms in total. The van der Waals surface area contributed by atoms with Crippen molar-refractivity contribution >= 4 is 34.6 Å². The Bertz CT molecular complexity index is 1510. The van der Waals surface area contributed by atoms with Gasteiger partial charge in [-0.05, 0) is 48.0 Å². The van der Waals surface area contributed by atoms with Crippen molar-refractivity contribution in [3.63, 3.8) is 0 Å². The molecular weight excluding hydrogens is 503 g/mol. The van der Waals surface area contributed by atoms with Crippen LogP contribution in [0.4, 0.5) is 0 Å². The summed E-state index contributed by atoms with van der Waals surface area (Å²) in [7, 11) is 0. The second-order valence-electron chi connectivity index (χ2n) is 9.11. The van der Waals surface area contributed by atoms with Gasteiger partial charge in [0.15, 0.2) is 5.60 Å². The average molecular weight is 529 g/mol. The Morgan fingerprint density at radius 2 is 1.54 bits per heavy atom. The molecule has 39 heavy (non-hydrogen) atoms. The number of hydrogen-bond acceptors (Lipinski definition) is 5. The molecule has 0 fully saturated rings. The smallest absolute Gasteiger partial charge is 0.548 e. The molecule has 1 aliphatic heterocycles. The number of carbonyl (C=O) groups excluding carboxylic acids is 3. The van der Waals surface area contributed by atoms with E-state index < -0.39 is 29.4 Å². The number of carbonyl (C=O) groups is 3. The Morgan fingerprint density at radius 3 is 2.15 bits per heavy atom. The van der Waals surface area contributed by atoms with Gasteiger partial charge in [0.1, 0.15) is 5.75 Å². The van der Waals surface area contributed by atoms with Crippen molar-refractivity contribution < 1.29 is 53.8 Å². The third kappa shape index (κ3) is 5.76. The van der Waals surface area contributed by atoms with Crippen LogP contribution in [-0.4, -0.2) is 30.4 Å². The maximum Gasteiger partial charge on any atom is 1.00 e. The van der Waals surface area contributed by atoms with Gasteiger partial charge in [-0.2, -0.15) is 0 Å². The maximum absolute atomic E-state index is 12.6. The first-order valence-electron chi connectivity index (χ1n) is 12.2. The summed E-state index contributed by atoms with van der Waals surface area (Å²) in [6.07, 6.45) is 4.12. The molecule has 0 spiro atoms. The van der Waals surface area contributed by atoms with Gasteiger partial charge in [-0.3, -0.25) is 9.59 Å². The maximum atomic E-state index is 12.6. The summed E-state index contributed by atoms with van der Waals surface area (Å²) in [5, 5.41) is 17.3. The summed E-state index contributed by atoms with van der Waals surface area (Å²) in [5.74, 6) is -1.73. The summed E-state index contributed by atoms with van der Waals surface area (Å²) in [6, 6.07) is 28.1. The summed E-state index contributed by atoms with van der Waals surface area (Å²) < 4.78 is 6.73. The Labute approximate surface area is 248 Å². The number of ether oxygens (including phenoxy) is 1. The van der Waals surface area contributed by atoms with Crippen LogP contribution < -0.4 is 50.0 Å². The number of amides is 2. The fourth-order valence-corrected chi connectivity index (χ4v) is 4.61. The molecule has 0 aromatic heterocycles. The van der Waals surface area contributed by atoms with E-state index in [4.69, 9.17) is 4.74 Å². The van der Waals surface area contributed by atoms with E-state index in [9.17, 15) is 19.5 Å². The molecule has 1 atom stereocenters. The third-order valence-corrected chi connectivity index (χ3v) is 6.59. The summed E-state index contributed by atoms with van der Waals surface area (Å²) in [6.45, 7) is 0.942. The van der Waals surface area contributed by atoms with Gasteiger partial charge in [0.25, 0.3) is 5.91 Å². The number of hydrogen-bond donors (Lipinski definition) is 2. The van der Waals surface area contributed by atoms with Crippen LogP contribution in [-0.2, 0) is 15.2 Å². The molecule has 0 bridgehead atoms.